The Hall–Kier alpha value is -2.22. The Morgan fingerprint density at radius 2 is 2.24 bits per heavy atom. The number of hydrogen-bond acceptors (Lipinski definition) is 7. The molecule has 2 aromatic rings. The number of aryl methyl sites for hydroxylation is 1. The molecular weight excluding hydrogens is 290 g/mol. The van der Waals surface area contributed by atoms with Gasteiger partial charge in [-0.2, -0.15) is 4.98 Å². The molecule has 8 heteroatoms. The molecule has 0 aliphatic carbocycles. The van der Waals surface area contributed by atoms with E-state index in [4.69, 9.17) is 0 Å². The molecule has 0 spiro atoms. The predicted octanol–water partition coefficient (Wildman–Crippen LogP) is 2.48. The Balaban J connectivity index is 2.27. The van der Waals surface area contributed by atoms with E-state index in [1.165, 1.54) is 4.88 Å². The van der Waals surface area contributed by atoms with Crippen LogP contribution < -0.4 is 10.2 Å². The van der Waals surface area contributed by atoms with Gasteiger partial charge in [0.15, 0.2) is 0 Å². The van der Waals surface area contributed by atoms with E-state index in [9.17, 15) is 10.1 Å². The fourth-order valence-corrected chi connectivity index (χ4v) is 2.68. The third-order valence-corrected chi connectivity index (χ3v) is 4.02. The zero-order valence-corrected chi connectivity index (χ0v) is 13.0. The normalized spacial score (nSPS) is 10.4. The first kappa shape index (κ1) is 15.2. The molecule has 0 aromatic carbocycles. The number of nitrogens with zero attached hydrogens (tertiary/aromatic N) is 4. The smallest absolute Gasteiger partial charge is 0.332 e. The maximum atomic E-state index is 11.3. The highest BCUT2D eigenvalue weighted by molar-refractivity contribution is 7.09. The summed E-state index contributed by atoms with van der Waals surface area (Å²) < 4.78 is 0. The van der Waals surface area contributed by atoms with Crippen molar-refractivity contribution in [2.45, 2.75) is 13.3 Å². The summed E-state index contributed by atoms with van der Waals surface area (Å²) in [5.41, 5.74) is 0.319. The van der Waals surface area contributed by atoms with Gasteiger partial charge in [-0.05, 0) is 24.8 Å². The van der Waals surface area contributed by atoms with E-state index in [1.54, 1.807) is 30.2 Å². The van der Waals surface area contributed by atoms with Gasteiger partial charge in [-0.15, -0.1) is 11.3 Å². The molecule has 0 aliphatic heterocycles. The van der Waals surface area contributed by atoms with Crippen LogP contribution in [0.2, 0.25) is 0 Å². The van der Waals surface area contributed by atoms with Crippen LogP contribution >= 0.6 is 11.3 Å². The number of thiophene rings is 1. The quantitative estimate of drug-likeness (QED) is 0.652. The van der Waals surface area contributed by atoms with Crippen molar-refractivity contribution in [2.75, 3.05) is 30.9 Å². The van der Waals surface area contributed by atoms with Gasteiger partial charge in [0.1, 0.15) is 5.69 Å². The van der Waals surface area contributed by atoms with Gasteiger partial charge in [-0.1, -0.05) is 6.07 Å². The fourth-order valence-electron chi connectivity index (χ4n) is 1.98. The standard InChI is InChI=1S/C13H17N5O2S/c1-9-11(18(19)20)12(16-13(14-2)15-9)17(3)7-6-10-5-4-8-21-10/h4-5,8H,6-7H2,1-3H3,(H,14,15,16). The highest BCUT2D eigenvalue weighted by atomic mass is 32.1. The van der Waals surface area contributed by atoms with Gasteiger partial charge < -0.3 is 10.2 Å². The van der Waals surface area contributed by atoms with Crippen molar-refractivity contribution in [2.24, 2.45) is 0 Å². The highest BCUT2D eigenvalue weighted by Crippen LogP contribution is 2.29. The molecule has 0 amide bonds. The van der Waals surface area contributed by atoms with E-state index >= 15 is 0 Å². The van der Waals surface area contributed by atoms with Crippen molar-refractivity contribution in [3.8, 4) is 0 Å². The third-order valence-electron chi connectivity index (χ3n) is 3.08. The van der Waals surface area contributed by atoms with Gasteiger partial charge in [-0.3, -0.25) is 10.1 Å². The fraction of sp³-hybridized carbons (Fsp3) is 0.385. The second-order valence-electron chi connectivity index (χ2n) is 4.56. The summed E-state index contributed by atoms with van der Waals surface area (Å²) in [6.45, 7) is 2.28. The van der Waals surface area contributed by atoms with Crippen LogP contribution in [-0.2, 0) is 6.42 Å². The van der Waals surface area contributed by atoms with Gasteiger partial charge in [-0.25, -0.2) is 4.98 Å². The largest absolute Gasteiger partial charge is 0.357 e. The molecule has 0 saturated heterocycles. The molecule has 0 saturated carbocycles. The second kappa shape index (κ2) is 6.49. The molecule has 112 valence electrons. The topological polar surface area (TPSA) is 84.2 Å². The molecule has 0 bridgehead atoms. The minimum absolute atomic E-state index is 0.0392. The molecule has 2 aromatic heterocycles. The minimum Gasteiger partial charge on any atom is -0.357 e. The minimum atomic E-state index is -0.425. The molecule has 0 aliphatic rings. The van der Waals surface area contributed by atoms with E-state index < -0.39 is 4.92 Å². The van der Waals surface area contributed by atoms with Crippen LogP contribution in [0.3, 0.4) is 0 Å². The summed E-state index contributed by atoms with van der Waals surface area (Å²) in [4.78, 5) is 22.2. The Morgan fingerprint density at radius 3 is 2.81 bits per heavy atom. The van der Waals surface area contributed by atoms with Crippen molar-refractivity contribution >= 4 is 28.8 Å². The molecule has 0 atom stereocenters. The number of rotatable bonds is 6. The van der Waals surface area contributed by atoms with Crippen molar-refractivity contribution < 1.29 is 4.92 Å². The van der Waals surface area contributed by atoms with Crippen molar-refractivity contribution in [3.63, 3.8) is 0 Å². The van der Waals surface area contributed by atoms with E-state index in [2.05, 4.69) is 21.4 Å². The maximum Gasteiger partial charge on any atom is 0.332 e. The van der Waals surface area contributed by atoms with Crippen molar-refractivity contribution in [3.05, 3.63) is 38.2 Å². The molecule has 2 heterocycles. The van der Waals surface area contributed by atoms with Gasteiger partial charge >= 0.3 is 5.69 Å². The summed E-state index contributed by atoms with van der Waals surface area (Å²) >= 11 is 1.68. The Morgan fingerprint density at radius 1 is 1.48 bits per heavy atom. The van der Waals surface area contributed by atoms with E-state index in [0.29, 0.717) is 24.0 Å². The van der Waals surface area contributed by atoms with E-state index in [0.717, 1.165) is 6.42 Å². The second-order valence-corrected chi connectivity index (χ2v) is 5.60. The lowest BCUT2D eigenvalue weighted by atomic mass is 10.3. The van der Waals surface area contributed by atoms with Crippen molar-refractivity contribution in [1.82, 2.24) is 9.97 Å². The van der Waals surface area contributed by atoms with Crippen LogP contribution in [0.25, 0.3) is 0 Å². The van der Waals surface area contributed by atoms with Crippen LogP contribution in [0.15, 0.2) is 17.5 Å². The number of hydrogen-bond donors (Lipinski definition) is 1. The summed E-state index contributed by atoms with van der Waals surface area (Å²) in [6, 6.07) is 4.05. The van der Waals surface area contributed by atoms with Crippen LogP contribution in [0.1, 0.15) is 10.6 Å². The predicted molar refractivity (Wildman–Crippen MR) is 84.3 cm³/mol. The van der Waals surface area contributed by atoms with Crippen LogP contribution in [0, 0.1) is 17.0 Å². The van der Waals surface area contributed by atoms with E-state index in [-0.39, 0.29) is 5.69 Å². The van der Waals surface area contributed by atoms with Crippen LogP contribution in [0.4, 0.5) is 17.5 Å². The molecule has 0 unspecified atom stereocenters. The molecule has 0 radical (unpaired) electrons. The number of nitro groups is 1. The van der Waals surface area contributed by atoms with Gasteiger partial charge in [0.2, 0.25) is 11.8 Å². The molecule has 0 fully saturated rings. The zero-order valence-electron chi connectivity index (χ0n) is 12.2. The highest BCUT2D eigenvalue weighted by Gasteiger charge is 2.24. The summed E-state index contributed by atoms with van der Waals surface area (Å²) in [5.74, 6) is 0.726. The lowest BCUT2D eigenvalue weighted by Crippen LogP contribution is -2.23. The van der Waals surface area contributed by atoms with Gasteiger partial charge in [0.05, 0.1) is 4.92 Å². The first-order valence-electron chi connectivity index (χ1n) is 6.47. The summed E-state index contributed by atoms with van der Waals surface area (Å²) in [5, 5.41) is 16.1. The lowest BCUT2D eigenvalue weighted by Gasteiger charge is -2.18. The average Bonchev–Trinajstić information content (AvgIpc) is 2.96. The third kappa shape index (κ3) is 3.46. The number of aromatic nitrogens is 2. The molecule has 7 nitrogen and oxygen atoms in total. The Bertz CT molecular complexity index is 630. The number of anilines is 2. The monoisotopic (exact) mass is 307 g/mol. The van der Waals surface area contributed by atoms with Crippen molar-refractivity contribution in [1.29, 1.82) is 0 Å². The van der Waals surface area contributed by atoms with Gasteiger partial charge in [0.25, 0.3) is 0 Å². The Kier molecular flexibility index (Phi) is 4.69. The SMILES string of the molecule is CNc1nc(C)c([N+](=O)[O-])c(N(C)CCc2cccs2)n1. The first-order valence-corrected chi connectivity index (χ1v) is 7.35. The van der Waals surface area contributed by atoms with Crippen LogP contribution in [0.5, 0.6) is 0 Å². The Labute approximate surface area is 126 Å². The lowest BCUT2D eigenvalue weighted by molar-refractivity contribution is -0.385. The molecule has 1 N–H and O–H groups in total. The molecule has 2 rings (SSSR count). The van der Waals surface area contributed by atoms with E-state index in [1.807, 2.05) is 18.5 Å². The first-order chi connectivity index (χ1) is 10.0. The number of nitrogens with one attached hydrogen (secondary N) is 1. The molecular formula is C13H17N5O2S. The summed E-state index contributed by atoms with van der Waals surface area (Å²) in [7, 11) is 3.50. The summed E-state index contributed by atoms with van der Waals surface area (Å²) in [6.07, 6.45) is 0.823. The average molecular weight is 307 g/mol. The van der Waals surface area contributed by atoms with Crippen LogP contribution in [-0.4, -0.2) is 35.5 Å². The molecule has 21 heavy (non-hydrogen) atoms. The van der Waals surface area contributed by atoms with Gasteiger partial charge in [0, 0.05) is 25.5 Å². The zero-order chi connectivity index (χ0) is 15.4. The maximum absolute atomic E-state index is 11.3. The number of likely N-dealkylation sites (N-methyl/N-ethyl adjacent to an activating group) is 1.